The lowest BCUT2D eigenvalue weighted by Gasteiger charge is -2.37. The third kappa shape index (κ3) is 2.44. The predicted octanol–water partition coefficient (Wildman–Crippen LogP) is 5.61. The molecule has 2 nitrogen and oxygen atoms in total. The molecular weight excluding hydrogens is 342 g/mol. The van der Waals surface area contributed by atoms with Crippen LogP contribution in [0.1, 0.15) is 30.7 Å². The second-order valence-electron chi connectivity index (χ2n) is 6.67. The van der Waals surface area contributed by atoms with E-state index in [-0.39, 0.29) is 5.56 Å². The summed E-state index contributed by atoms with van der Waals surface area (Å²) < 4.78 is 29.8. The zero-order valence-corrected chi connectivity index (χ0v) is 14.5. The van der Waals surface area contributed by atoms with Gasteiger partial charge in [0.05, 0.1) is 16.9 Å². The summed E-state index contributed by atoms with van der Waals surface area (Å²) >= 11 is 6.07. The summed E-state index contributed by atoms with van der Waals surface area (Å²) in [6.07, 6.45) is 0. The maximum Gasteiger partial charge on any atom is 0.297 e. The van der Waals surface area contributed by atoms with Gasteiger partial charge in [0.25, 0.3) is 5.92 Å². The Balaban J connectivity index is 1.99. The van der Waals surface area contributed by atoms with Crippen LogP contribution in [0.25, 0.3) is 10.9 Å². The van der Waals surface area contributed by atoms with Crippen molar-refractivity contribution in [2.45, 2.75) is 25.3 Å². The van der Waals surface area contributed by atoms with E-state index in [1.54, 1.807) is 0 Å². The van der Waals surface area contributed by atoms with Crippen LogP contribution < -0.4 is 0 Å². The van der Waals surface area contributed by atoms with Crippen LogP contribution in [0.5, 0.6) is 0 Å². The molecule has 0 bridgehead atoms. The monoisotopic (exact) mass is 356 g/mol. The van der Waals surface area contributed by atoms with Crippen LogP contribution >= 0.6 is 11.6 Å². The molecule has 0 fully saturated rings. The highest BCUT2D eigenvalue weighted by atomic mass is 35.5. The summed E-state index contributed by atoms with van der Waals surface area (Å²) in [5, 5.41) is 1.38. The molecule has 0 atom stereocenters. The summed E-state index contributed by atoms with van der Waals surface area (Å²) in [5.41, 5.74) is 0.490. The molecule has 1 aromatic heterocycles. The molecule has 0 N–H and O–H groups in total. The van der Waals surface area contributed by atoms with Gasteiger partial charge in [0, 0.05) is 21.5 Å². The smallest absolute Gasteiger partial charge is 0.270 e. The second kappa shape index (κ2) is 5.33. The number of nitrogens with zero attached hydrogens (tertiary/aromatic N) is 2. The van der Waals surface area contributed by atoms with Gasteiger partial charge in [0.15, 0.2) is 0 Å². The van der Waals surface area contributed by atoms with Crippen LogP contribution in [0.4, 0.5) is 8.78 Å². The Kier molecular flexibility index (Phi) is 3.45. The van der Waals surface area contributed by atoms with E-state index in [0.29, 0.717) is 22.0 Å². The number of pyridine rings is 1. The summed E-state index contributed by atoms with van der Waals surface area (Å²) in [6, 6.07) is 15.8. The molecule has 4 rings (SSSR count). The molecule has 0 spiro atoms. The number of halogens is 3. The van der Waals surface area contributed by atoms with Gasteiger partial charge in [-0.1, -0.05) is 41.9 Å². The maximum absolute atomic E-state index is 14.9. The second-order valence-corrected chi connectivity index (χ2v) is 7.11. The van der Waals surface area contributed by atoms with Crippen molar-refractivity contribution in [1.82, 2.24) is 4.98 Å². The summed E-state index contributed by atoms with van der Waals surface area (Å²) in [7, 11) is 0. The average Bonchev–Trinajstić information content (AvgIpc) is 2.58. The van der Waals surface area contributed by atoms with Gasteiger partial charge in [0.2, 0.25) is 0 Å². The largest absolute Gasteiger partial charge is 0.297 e. The average molecular weight is 357 g/mol. The van der Waals surface area contributed by atoms with Gasteiger partial charge in [-0.15, -0.1) is 0 Å². The molecule has 1 aliphatic heterocycles. The van der Waals surface area contributed by atoms with E-state index < -0.39 is 11.5 Å². The molecule has 5 heteroatoms. The Labute approximate surface area is 149 Å². The number of hydrogen-bond acceptors (Lipinski definition) is 2. The SMILES string of the molecule is CC1(C)N=C(c2ccc3ccccc3n2)c2cc(Cl)ccc2C1(F)F. The van der Waals surface area contributed by atoms with Crippen LogP contribution in [-0.2, 0) is 5.92 Å². The van der Waals surface area contributed by atoms with E-state index >= 15 is 0 Å². The first-order valence-corrected chi connectivity index (χ1v) is 8.32. The molecule has 126 valence electrons. The van der Waals surface area contributed by atoms with Gasteiger partial charge in [0.1, 0.15) is 5.54 Å². The first-order chi connectivity index (χ1) is 11.8. The van der Waals surface area contributed by atoms with Crippen LogP contribution in [0.3, 0.4) is 0 Å². The quantitative estimate of drug-likeness (QED) is 0.556. The first-order valence-electron chi connectivity index (χ1n) is 7.94. The van der Waals surface area contributed by atoms with E-state index in [1.807, 2.05) is 36.4 Å². The highest BCUT2D eigenvalue weighted by molar-refractivity contribution is 6.31. The van der Waals surface area contributed by atoms with E-state index in [1.165, 1.54) is 32.0 Å². The number of aliphatic imine (C=N–C) groups is 1. The molecule has 0 saturated carbocycles. The molecule has 3 aromatic rings. The van der Waals surface area contributed by atoms with Crippen molar-refractivity contribution in [1.29, 1.82) is 0 Å². The molecular formula is C20H15ClF2N2. The van der Waals surface area contributed by atoms with E-state index in [2.05, 4.69) is 9.98 Å². The standard InChI is InChI=1S/C20H15ClF2N2/c1-19(2)20(22,23)15-9-8-13(21)11-14(15)18(25-19)17-10-7-12-5-3-4-6-16(12)24-17/h3-11H,1-2H3. The zero-order valence-electron chi connectivity index (χ0n) is 13.7. The van der Waals surface area contributed by atoms with Crippen molar-refractivity contribution in [3.63, 3.8) is 0 Å². The fourth-order valence-electron chi connectivity index (χ4n) is 3.12. The fourth-order valence-corrected chi connectivity index (χ4v) is 3.29. The number of rotatable bonds is 1. The number of fused-ring (bicyclic) bond motifs is 2. The Morgan fingerprint density at radius 1 is 0.960 bits per heavy atom. The zero-order chi connectivity index (χ0) is 17.8. The summed E-state index contributed by atoms with van der Waals surface area (Å²) in [6.45, 7) is 2.87. The summed E-state index contributed by atoms with van der Waals surface area (Å²) in [4.78, 5) is 8.99. The van der Waals surface area contributed by atoms with Gasteiger partial charge >= 0.3 is 0 Å². The van der Waals surface area contributed by atoms with Gasteiger partial charge in [-0.25, -0.2) is 4.98 Å². The molecule has 1 aliphatic rings. The molecule has 2 heterocycles. The minimum atomic E-state index is -3.09. The highest BCUT2D eigenvalue weighted by Crippen LogP contribution is 2.47. The minimum absolute atomic E-state index is 0.0677. The van der Waals surface area contributed by atoms with Gasteiger partial charge in [-0.05, 0) is 38.1 Å². The van der Waals surface area contributed by atoms with E-state index in [0.717, 1.165) is 10.9 Å². The molecule has 0 saturated heterocycles. The number of aromatic nitrogens is 1. The van der Waals surface area contributed by atoms with Crippen LogP contribution in [0.15, 0.2) is 59.6 Å². The Morgan fingerprint density at radius 3 is 2.52 bits per heavy atom. The predicted molar refractivity (Wildman–Crippen MR) is 96.8 cm³/mol. The van der Waals surface area contributed by atoms with Gasteiger partial charge < -0.3 is 0 Å². The Hall–Kier alpha value is -2.33. The Morgan fingerprint density at radius 2 is 1.72 bits per heavy atom. The van der Waals surface area contributed by atoms with Crippen molar-refractivity contribution in [3.05, 3.63) is 76.4 Å². The number of benzene rings is 2. The lowest BCUT2D eigenvalue weighted by molar-refractivity contribution is -0.0682. The first kappa shape index (κ1) is 16.2. The van der Waals surface area contributed by atoms with Crippen molar-refractivity contribution in [2.75, 3.05) is 0 Å². The third-order valence-electron chi connectivity index (χ3n) is 4.58. The van der Waals surface area contributed by atoms with Gasteiger partial charge in [-0.2, -0.15) is 8.78 Å². The molecule has 0 radical (unpaired) electrons. The molecule has 0 aliphatic carbocycles. The normalized spacial score (nSPS) is 17.9. The van der Waals surface area contributed by atoms with E-state index in [9.17, 15) is 8.78 Å². The molecule has 25 heavy (non-hydrogen) atoms. The van der Waals surface area contributed by atoms with Crippen LogP contribution in [0, 0.1) is 0 Å². The highest BCUT2D eigenvalue weighted by Gasteiger charge is 2.52. The lowest BCUT2D eigenvalue weighted by Crippen LogP contribution is -2.44. The Bertz CT molecular complexity index is 1030. The van der Waals surface area contributed by atoms with Crippen molar-refractivity contribution in [2.24, 2.45) is 4.99 Å². The van der Waals surface area contributed by atoms with Crippen molar-refractivity contribution in [3.8, 4) is 0 Å². The number of para-hydroxylation sites is 1. The minimum Gasteiger partial charge on any atom is -0.270 e. The number of alkyl halides is 2. The van der Waals surface area contributed by atoms with Crippen LogP contribution in [-0.4, -0.2) is 16.2 Å². The topological polar surface area (TPSA) is 25.2 Å². The number of hydrogen-bond donors (Lipinski definition) is 0. The third-order valence-corrected chi connectivity index (χ3v) is 4.81. The van der Waals surface area contributed by atoms with Crippen LogP contribution in [0.2, 0.25) is 5.02 Å². The lowest BCUT2D eigenvalue weighted by atomic mass is 9.82. The molecule has 2 aromatic carbocycles. The van der Waals surface area contributed by atoms with Gasteiger partial charge in [-0.3, -0.25) is 4.99 Å². The maximum atomic E-state index is 14.9. The molecule has 0 amide bonds. The van der Waals surface area contributed by atoms with Crippen molar-refractivity contribution >= 4 is 28.2 Å². The molecule has 0 unspecified atom stereocenters. The fraction of sp³-hybridized carbons (Fsp3) is 0.200. The van der Waals surface area contributed by atoms with Crippen molar-refractivity contribution < 1.29 is 8.78 Å². The van der Waals surface area contributed by atoms with E-state index in [4.69, 9.17) is 11.6 Å². The summed E-state index contributed by atoms with van der Waals surface area (Å²) in [5.74, 6) is -3.09.